The molecule has 1 nitrogen and oxygen atoms in total. The maximum Gasteiger partial charge on any atom is 0.00935 e. The van der Waals surface area contributed by atoms with E-state index >= 15 is 0 Å². The molecular weight excluding hydrogens is 158 g/mol. The molecular formula is C12H23N. The van der Waals surface area contributed by atoms with Crippen LogP contribution in [-0.4, -0.2) is 6.04 Å². The summed E-state index contributed by atoms with van der Waals surface area (Å²) in [7, 11) is 0. The lowest BCUT2D eigenvalue weighted by molar-refractivity contribution is 0.0170. The van der Waals surface area contributed by atoms with Gasteiger partial charge in [-0.1, -0.05) is 20.8 Å². The van der Waals surface area contributed by atoms with Crippen molar-refractivity contribution in [1.82, 2.24) is 0 Å². The maximum atomic E-state index is 6.25. The van der Waals surface area contributed by atoms with E-state index in [1.807, 2.05) is 0 Å². The lowest BCUT2D eigenvalue weighted by Gasteiger charge is -2.51. The Labute approximate surface area is 82.1 Å². The first-order valence-electron chi connectivity index (χ1n) is 5.76. The summed E-state index contributed by atoms with van der Waals surface area (Å²) in [5, 5.41) is 0. The molecule has 0 radical (unpaired) electrons. The van der Waals surface area contributed by atoms with E-state index in [0.717, 1.165) is 17.8 Å². The van der Waals surface area contributed by atoms with Crippen molar-refractivity contribution >= 4 is 0 Å². The van der Waals surface area contributed by atoms with Crippen molar-refractivity contribution in [3.8, 4) is 0 Å². The summed E-state index contributed by atoms with van der Waals surface area (Å²) in [6.45, 7) is 7.20. The molecule has 2 fully saturated rings. The van der Waals surface area contributed by atoms with Gasteiger partial charge in [0, 0.05) is 6.04 Å². The third-order valence-electron chi connectivity index (χ3n) is 4.32. The Morgan fingerprint density at radius 2 is 1.85 bits per heavy atom. The van der Waals surface area contributed by atoms with Crippen LogP contribution < -0.4 is 5.73 Å². The van der Waals surface area contributed by atoms with Crippen LogP contribution in [0.15, 0.2) is 0 Å². The van der Waals surface area contributed by atoms with E-state index in [9.17, 15) is 0 Å². The van der Waals surface area contributed by atoms with Crippen molar-refractivity contribution in [3.05, 3.63) is 0 Å². The van der Waals surface area contributed by atoms with Gasteiger partial charge in [0.2, 0.25) is 0 Å². The molecule has 0 saturated heterocycles. The van der Waals surface area contributed by atoms with E-state index in [2.05, 4.69) is 20.8 Å². The van der Waals surface area contributed by atoms with Crippen LogP contribution in [0.4, 0.5) is 0 Å². The Balaban J connectivity index is 2.17. The lowest BCUT2D eigenvalue weighted by atomic mass is 9.56. The van der Waals surface area contributed by atoms with Gasteiger partial charge in [-0.3, -0.25) is 0 Å². The molecule has 5 atom stereocenters. The van der Waals surface area contributed by atoms with Crippen molar-refractivity contribution < 1.29 is 0 Å². The smallest absolute Gasteiger partial charge is 0.00935 e. The summed E-state index contributed by atoms with van der Waals surface area (Å²) in [5.41, 5.74) is 6.87. The van der Waals surface area contributed by atoms with Crippen LogP contribution in [-0.2, 0) is 0 Å². The molecule has 2 rings (SSSR count). The highest BCUT2D eigenvalue weighted by atomic mass is 14.7. The van der Waals surface area contributed by atoms with Crippen LogP contribution >= 0.6 is 0 Å². The number of hydrogen-bond donors (Lipinski definition) is 1. The normalized spacial score (nSPS) is 56.3. The van der Waals surface area contributed by atoms with Gasteiger partial charge in [0.05, 0.1) is 0 Å². The SMILES string of the molecule is CC1CC2C[C@](C)(C1)CC(C)[C@@H]2N. The third-order valence-corrected chi connectivity index (χ3v) is 4.32. The van der Waals surface area contributed by atoms with Crippen LogP contribution in [0.2, 0.25) is 0 Å². The van der Waals surface area contributed by atoms with Gasteiger partial charge in [-0.25, -0.2) is 0 Å². The number of nitrogens with two attached hydrogens (primary N) is 1. The fraction of sp³-hybridized carbons (Fsp3) is 1.00. The molecule has 3 unspecified atom stereocenters. The van der Waals surface area contributed by atoms with Crippen LogP contribution in [0.3, 0.4) is 0 Å². The first-order chi connectivity index (χ1) is 6.00. The van der Waals surface area contributed by atoms with Crippen molar-refractivity contribution in [1.29, 1.82) is 0 Å². The van der Waals surface area contributed by atoms with Gasteiger partial charge >= 0.3 is 0 Å². The van der Waals surface area contributed by atoms with E-state index < -0.39 is 0 Å². The van der Waals surface area contributed by atoms with Crippen LogP contribution in [0.5, 0.6) is 0 Å². The zero-order chi connectivity index (χ0) is 9.64. The highest BCUT2D eigenvalue weighted by molar-refractivity contribution is 4.97. The standard InChI is InChI=1S/C12H23N/c1-8-4-10-7-12(3,5-8)6-9(2)11(10)13/h8-11H,4-7,13H2,1-3H3/t8?,9?,10?,11-,12+/m0/s1. The van der Waals surface area contributed by atoms with Gasteiger partial charge in [0.1, 0.15) is 0 Å². The van der Waals surface area contributed by atoms with E-state index in [1.165, 1.54) is 25.7 Å². The Morgan fingerprint density at radius 3 is 2.54 bits per heavy atom. The second kappa shape index (κ2) is 2.98. The predicted molar refractivity (Wildman–Crippen MR) is 56.4 cm³/mol. The molecule has 0 amide bonds. The summed E-state index contributed by atoms with van der Waals surface area (Å²) in [5.74, 6) is 2.47. The first-order valence-corrected chi connectivity index (χ1v) is 5.76. The van der Waals surface area contributed by atoms with Gasteiger partial charge in [-0.05, 0) is 48.9 Å². The Kier molecular flexibility index (Phi) is 2.18. The molecule has 2 N–H and O–H groups in total. The molecule has 0 aromatic carbocycles. The van der Waals surface area contributed by atoms with Gasteiger partial charge in [-0.2, -0.15) is 0 Å². The second-order valence-electron chi connectivity index (χ2n) is 6.08. The number of rotatable bonds is 0. The highest BCUT2D eigenvalue weighted by Gasteiger charge is 2.44. The number of hydrogen-bond acceptors (Lipinski definition) is 1. The van der Waals surface area contributed by atoms with Crippen molar-refractivity contribution in [2.75, 3.05) is 0 Å². The molecule has 1 heteroatoms. The largest absolute Gasteiger partial charge is 0.327 e. The molecule has 2 saturated carbocycles. The minimum atomic E-state index is 0.482. The van der Waals surface area contributed by atoms with Crippen LogP contribution in [0.25, 0.3) is 0 Å². The average Bonchev–Trinajstić information content (AvgIpc) is 1.98. The lowest BCUT2D eigenvalue weighted by Crippen LogP contribution is -2.49. The quantitative estimate of drug-likeness (QED) is 0.611. The van der Waals surface area contributed by atoms with Crippen molar-refractivity contribution in [2.45, 2.75) is 52.5 Å². The number of fused-ring (bicyclic) bond motifs is 2. The minimum absolute atomic E-state index is 0.482. The molecule has 2 aliphatic carbocycles. The molecule has 76 valence electrons. The zero-order valence-electron chi connectivity index (χ0n) is 9.22. The predicted octanol–water partition coefficient (Wildman–Crippen LogP) is 2.80. The molecule has 0 heterocycles. The first kappa shape index (κ1) is 9.51. The summed E-state index contributed by atoms with van der Waals surface area (Å²) in [4.78, 5) is 0. The molecule has 2 bridgehead atoms. The van der Waals surface area contributed by atoms with Crippen LogP contribution in [0.1, 0.15) is 46.5 Å². The van der Waals surface area contributed by atoms with E-state index in [4.69, 9.17) is 5.73 Å². The Bertz CT molecular complexity index is 197. The molecule has 0 aliphatic heterocycles. The molecule has 0 spiro atoms. The average molecular weight is 181 g/mol. The zero-order valence-corrected chi connectivity index (χ0v) is 9.22. The van der Waals surface area contributed by atoms with E-state index in [-0.39, 0.29) is 0 Å². The fourth-order valence-electron chi connectivity index (χ4n) is 4.08. The Hall–Kier alpha value is -0.0400. The van der Waals surface area contributed by atoms with Crippen LogP contribution in [0, 0.1) is 23.2 Å². The van der Waals surface area contributed by atoms with Crippen molar-refractivity contribution in [3.63, 3.8) is 0 Å². The van der Waals surface area contributed by atoms with Crippen molar-refractivity contribution in [2.24, 2.45) is 28.9 Å². The maximum absolute atomic E-state index is 6.25. The van der Waals surface area contributed by atoms with Gasteiger partial charge < -0.3 is 5.73 Å². The minimum Gasteiger partial charge on any atom is -0.327 e. The summed E-state index contributed by atoms with van der Waals surface area (Å²) < 4.78 is 0. The second-order valence-corrected chi connectivity index (χ2v) is 6.08. The monoisotopic (exact) mass is 181 g/mol. The third kappa shape index (κ3) is 1.63. The molecule has 13 heavy (non-hydrogen) atoms. The summed E-state index contributed by atoms with van der Waals surface area (Å²) >= 11 is 0. The highest BCUT2D eigenvalue weighted by Crippen LogP contribution is 2.51. The summed E-state index contributed by atoms with van der Waals surface area (Å²) in [6.07, 6.45) is 5.56. The fourth-order valence-corrected chi connectivity index (χ4v) is 4.08. The molecule has 0 aromatic heterocycles. The van der Waals surface area contributed by atoms with Gasteiger partial charge in [0.15, 0.2) is 0 Å². The van der Waals surface area contributed by atoms with Gasteiger partial charge in [0.25, 0.3) is 0 Å². The van der Waals surface area contributed by atoms with E-state index in [1.54, 1.807) is 0 Å². The van der Waals surface area contributed by atoms with E-state index in [0.29, 0.717) is 11.5 Å². The molecule has 2 aliphatic rings. The van der Waals surface area contributed by atoms with Gasteiger partial charge in [-0.15, -0.1) is 0 Å². The topological polar surface area (TPSA) is 26.0 Å². The Morgan fingerprint density at radius 1 is 1.15 bits per heavy atom. The molecule has 0 aromatic rings. The summed E-state index contributed by atoms with van der Waals surface area (Å²) in [6, 6.07) is 0.482.